The molecular formula is C66H39B3N2O7S2. The number of ether oxygens (including phenoxy) is 7. The molecule has 376 valence electrons. The van der Waals surface area contributed by atoms with Gasteiger partial charge in [-0.05, 0) is 93.4 Å². The van der Waals surface area contributed by atoms with E-state index in [0.717, 1.165) is 107 Å². The second kappa shape index (κ2) is 16.5. The summed E-state index contributed by atoms with van der Waals surface area (Å²) in [5.74, 6) is 10.4. The zero-order chi connectivity index (χ0) is 52.5. The van der Waals surface area contributed by atoms with E-state index in [1.165, 1.54) is 29.9 Å². The summed E-state index contributed by atoms with van der Waals surface area (Å²) in [5, 5.41) is 2.19. The van der Waals surface area contributed by atoms with Crippen molar-refractivity contribution in [1.82, 2.24) is 0 Å². The maximum absolute atomic E-state index is 7.26. The number of thiophene rings is 2. The van der Waals surface area contributed by atoms with Crippen molar-refractivity contribution in [3.05, 3.63) is 200 Å². The summed E-state index contributed by atoms with van der Waals surface area (Å²) in [6, 6.07) is 68.6. The van der Waals surface area contributed by atoms with Crippen LogP contribution in [0.3, 0.4) is 0 Å². The minimum Gasteiger partial charge on any atom is -0.458 e. The molecule has 6 aliphatic rings. The first-order valence-electron chi connectivity index (χ1n) is 26.7. The molecule has 2 aromatic heterocycles. The van der Waals surface area contributed by atoms with Crippen molar-refractivity contribution in [1.29, 1.82) is 0 Å². The SMILES string of the molecule is CN1c2cc3c(cc2B2c4sc5ccccc5c4Oc4cc(Oc5ccccc5)cc1c42)B1c2cc4c(cc2Oc2cc(Oc5ccccc5)cc(c21)O3)N(C)c1cc(Oc2ccccc2)cc2c1B4c1sc3ccccc3c1O2. The monoisotopic (exact) mass is 1070 g/mol. The van der Waals surface area contributed by atoms with Gasteiger partial charge in [0.15, 0.2) is 0 Å². The molecule has 0 spiro atoms. The van der Waals surface area contributed by atoms with E-state index in [-0.39, 0.29) is 20.1 Å². The maximum atomic E-state index is 7.26. The Morgan fingerprint density at radius 1 is 0.325 bits per heavy atom. The van der Waals surface area contributed by atoms with Crippen molar-refractivity contribution in [3.63, 3.8) is 0 Å². The molecule has 0 bridgehead atoms. The summed E-state index contributed by atoms with van der Waals surface area (Å²) in [7, 11) is 4.27. The molecule has 0 N–H and O–H groups in total. The van der Waals surface area contributed by atoms with Gasteiger partial charge in [-0.3, -0.25) is 0 Å². The van der Waals surface area contributed by atoms with Crippen molar-refractivity contribution in [2.75, 3.05) is 23.9 Å². The average Bonchev–Trinajstić information content (AvgIpc) is 4.14. The number of fused-ring (bicyclic) bond motifs is 16. The van der Waals surface area contributed by atoms with E-state index < -0.39 is 0 Å². The lowest BCUT2D eigenvalue weighted by Crippen LogP contribution is -2.64. The fraction of sp³-hybridized carbons (Fsp3) is 0.0303. The summed E-state index contributed by atoms with van der Waals surface area (Å²) in [6.07, 6.45) is 0. The van der Waals surface area contributed by atoms with Gasteiger partial charge in [-0.2, -0.15) is 0 Å². The van der Waals surface area contributed by atoms with Crippen LogP contribution in [0.5, 0.6) is 80.5 Å². The van der Waals surface area contributed by atoms with E-state index in [4.69, 9.17) is 33.2 Å². The third-order valence-electron chi connectivity index (χ3n) is 16.6. The molecule has 6 aliphatic heterocycles. The molecule has 9 nitrogen and oxygen atoms in total. The standard InChI is InChI=1S/C66H39B3N2O7S2/c1-70-48-34-52-46(32-44(48)68-60-50(70)26-39(72-36-16-6-3-7-17-36)28-54(60)77-63-42-22-12-14-24-58(42)79-65(63)68)67-47-33-45-49(35-53(47)76-57-31-41(30-56(75-52)62(57)67)74-38-20-10-5-11-21-38)71(2)51-27-40(73-37-18-8-4-9-19-37)29-55-61(51)69(45)66-64(78-55)43-23-13-15-25-59(43)80-66/h3-35H,1-2H3. The number of benzene rings is 10. The minimum atomic E-state index is -0.294. The van der Waals surface area contributed by atoms with Crippen molar-refractivity contribution in [2.45, 2.75) is 0 Å². The molecule has 8 heterocycles. The van der Waals surface area contributed by atoms with Crippen LogP contribution >= 0.6 is 22.7 Å². The third kappa shape index (κ3) is 6.42. The molecule has 18 rings (SSSR count). The highest BCUT2D eigenvalue weighted by atomic mass is 32.1. The fourth-order valence-electron chi connectivity index (χ4n) is 13.2. The van der Waals surface area contributed by atoms with Gasteiger partial charge in [0.25, 0.3) is 20.1 Å². The highest BCUT2D eigenvalue weighted by Crippen LogP contribution is 2.48. The summed E-state index contributed by atoms with van der Waals surface area (Å²) in [4.78, 5) is 4.54. The highest BCUT2D eigenvalue weighted by molar-refractivity contribution is 7.34. The van der Waals surface area contributed by atoms with Crippen LogP contribution < -0.4 is 90.8 Å². The van der Waals surface area contributed by atoms with Gasteiger partial charge in [0, 0.05) is 121 Å². The van der Waals surface area contributed by atoms with Gasteiger partial charge in [-0.25, -0.2) is 0 Å². The molecular weight excluding hydrogens is 1030 g/mol. The van der Waals surface area contributed by atoms with E-state index in [0.29, 0.717) is 34.5 Å². The summed E-state index contributed by atoms with van der Waals surface area (Å²) < 4.78 is 53.1. The molecule has 14 heteroatoms. The van der Waals surface area contributed by atoms with Gasteiger partial charge in [0.05, 0.1) is 0 Å². The van der Waals surface area contributed by atoms with Crippen molar-refractivity contribution in [3.8, 4) is 80.5 Å². The summed E-state index contributed by atoms with van der Waals surface area (Å²) in [5.41, 5.74) is 11.7. The number of para-hydroxylation sites is 3. The van der Waals surface area contributed by atoms with Crippen LogP contribution in [0.15, 0.2) is 200 Å². The minimum absolute atomic E-state index is 0.151. The maximum Gasteiger partial charge on any atom is 0.268 e. The lowest BCUT2D eigenvalue weighted by atomic mass is 9.31. The third-order valence-corrected chi connectivity index (χ3v) is 19.0. The van der Waals surface area contributed by atoms with Crippen molar-refractivity contribution >= 4 is 134 Å². The van der Waals surface area contributed by atoms with Gasteiger partial charge >= 0.3 is 0 Å². The van der Waals surface area contributed by atoms with Gasteiger partial charge in [0.2, 0.25) is 0 Å². The van der Waals surface area contributed by atoms with Crippen LogP contribution in [0.2, 0.25) is 0 Å². The van der Waals surface area contributed by atoms with E-state index in [2.05, 4.69) is 121 Å². The number of hydrogen-bond donors (Lipinski definition) is 0. The Kier molecular flexibility index (Phi) is 9.19. The first kappa shape index (κ1) is 44.5. The van der Waals surface area contributed by atoms with Crippen LogP contribution in [0, 0.1) is 0 Å². The van der Waals surface area contributed by atoms with E-state index >= 15 is 0 Å². The largest absolute Gasteiger partial charge is 0.458 e. The molecule has 0 fully saturated rings. The second-order valence-electron chi connectivity index (χ2n) is 21.1. The van der Waals surface area contributed by atoms with Crippen molar-refractivity contribution < 1.29 is 33.2 Å². The Labute approximate surface area is 468 Å². The molecule has 10 aromatic carbocycles. The van der Waals surface area contributed by atoms with Crippen LogP contribution in [-0.4, -0.2) is 34.2 Å². The average molecular weight is 1070 g/mol. The molecule has 80 heavy (non-hydrogen) atoms. The number of nitrogens with zero attached hydrogens (tertiary/aromatic N) is 2. The zero-order valence-electron chi connectivity index (χ0n) is 42.9. The Morgan fingerprint density at radius 2 is 0.700 bits per heavy atom. The van der Waals surface area contributed by atoms with E-state index in [1.54, 1.807) is 22.7 Å². The highest BCUT2D eigenvalue weighted by Gasteiger charge is 2.49. The first-order chi connectivity index (χ1) is 39.4. The Balaban J connectivity index is 0.855. The topological polar surface area (TPSA) is 71.1 Å². The number of anilines is 4. The lowest BCUT2D eigenvalue weighted by molar-refractivity contribution is 0.443. The van der Waals surface area contributed by atoms with Gasteiger partial charge in [0.1, 0.15) is 80.5 Å². The van der Waals surface area contributed by atoms with Crippen LogP contribution in [0.25, 0.3) is 20.2 Å². The fourth-order valence-corrected chi connectivity index (χ4v) is 15.7. The Bertz CT molecular complexity index is 4400. The van der Waals surface area contributed by atoms with Gasteiger partial charge in [-0.15, -0.1) is 22.7 Å². The second-order valence-corrected chi connectivity index (χ2v) is 23.3. The van der Waals surface area contributed by atoms with E-state index in [9.17, 15) is 0 Å². The predicted molar refractivity (Wildman–Crippen MR) is 326 cm³/mol. The molecule has 0 atom stereocenters. The molecule has 0 aliphatic carbocycles. The smallest absolute Gasteiger partial charge is 0.268 e. The van der Waals surface area contributed by atoms with Crippen LogP contribution in [0.1, 0.15) is 0 Å². The number of hydrogen-bond acceptors (Lipinski definition) is 11. The molecule has 0 amide bonds. The first-order valence-corrected chi connectivity index (χ1v) is 28.4. The lowest BCUT2D eigenvalue weighted by Gasteiger charge is -2.41. The van der Waals surface area contributed by atoms with Gasteiger partial charge in [-0.1, -0.05) is 91.0 Å². The van der Waals surface area contributed by atoms with Crippen LogP contribution in [0.4, 0.5) is 22.7 Å². The quantitative estimate of drug-likeness (QED) is 0.151. The normalized spacial score (nSPS) is 13.9. The summed E-state index contributed by atoms with van der Waals surface area (Å²) >= 11 is 3.60. The van der Waals surface area contributed by atoms with Gasteiger partial charge < -0.3 is 43.0 Å². The number of rotatable bonds is 6. The molecule has 12 aromatic rings. The van der Waals surface area contributed by atoms with Crippen molar-refractivity contribution in [2.24, 2.45) is 0 Å². The Hall–Kier alpha value is -9.49. The molecule has 0 radical (unpaired) electrons. The van der Waals surface area contributed by atoms with Crippen LogP contribution in [-0.2, 0) is 0 Å². The Morgan fingerprint density at radius 3 is 1.12 bits per heavy atom. The molecule has 0 saturated carbocycles. The van der Waals surface area contributed by atoms with E-state index in [1.807, 2.05) is 103 Å². The zero-order valence-corrected chi connectivity index (χ0v) is 44.5. The molecule has 0 unspecified atom stereocenters. The summed E-state index contributed by atoms with van der Waals surface area (Å²) in [6.45, 7) is -0.596. The predicted octanol–water partition coefficient (Wildman–Crippen LogP) is 11.6. The molecule has 0 saturated heterocycles.